The summed E-state index contributed by atoms with van der Waals surface area (Å²) in [4.78, 5) is 11.4. The van der Waals surface area contributed by atoms with Gasteiger partial charge in [-0.2, -0.15) is 0 Å². The van der Waals surface area contributed by atoms with Crippen LogP contribution < -0.4 is 15.4 Å². The van der Waals surface area contributed by atoms with Gasteiger partial charge in [0.15, 0.2) is 0 Å². The van der Waals surface area contributed by atoms with Gasteiger partial charge in [0.05, 0.1) is 6.54 Å². The van der Waals surface area contributed by atoms with E-state index in [0.717, 1.165) is 5.75 Å². The molecule has 0 fully saturated rings. The van der Waals surface area contributed by atoms with Gasteiger partial charge >= 0.3 is 0 Å². The van der Waals surface area contributed by atoms with Crippen LogP contribution in [0.25, 0.3) is 0 Å². The van der Waals surface area contributed by atoms with E-state index in [-0.39, 0.29) is 18.0 Å². The number of amides is 1. The molecule has 0 aromatic heterocycles. The quantitative estimate of drug-likeness (QED) is 0.772. The number of para-hydroxylation sites is 1. The zero-order chi connectivity index (χ0) is 13.4. The van der Waals surface area contributed by atoms with E-state index < -0.39 is 0 Å². The van der Waals surface area contributed by atoms with Crippen molar-refractivity contribution in [1.29, 1.82) is 0 Å². The Kier molecular flexibility index (Phi) is 6.22. The summed E-state index contributed by atoms with van der Waals surface area (Å²) in [5.74, 6) is 0.856. The molecule has 1 aromatic carbocycles. The molecule has 2 N–H and O–H groups in total. The summed E-state index contributed by atoms with van der Waals surface area (Å²) in [6, 6.07) is 9.95. The second kappa shape index (κ2) is 7.71. The van der Waals surface area contributed by atoms with Crippen molar-refractivity contribution < 1.29 is 9.53 Å². The van der Waals surface area contributed by atoms with Gasteiger partial charge in [-0.15, -0.1) is 0 Å². The van der Waals surface area contributed by atoms with Gasteiger partial charge in [0.25, 0.3) is 0 Å². The third-order valence-electron chi connectivity index (χ3n) is 2.30. The molecule has 0 radical (unpaired) electrons. The third kappa shape index (κ3) is 6.25. The lowest BCUT2D eigenvalue weighted by Gasteiger charge is -2.15. The number of carbonyl (C=O) groups excluding carboxylic acids is 1. The lowest BCUT2D eigenvalue weighted by molar-refractivity contribution is -0.120. The minimum atomic E-state index is 0.0107. The van der Waals surface area contributed by atoms with Gasteiger partial charge in [-0.1, -0.05) is 18.2 Å². The fraction of sp³-hybridized carbons (Fsp3) is 0.500. The summed E-state index contributed by atoms with van der Waals surface area (Å²) in [5.41, 5.74) is 0. The van der Waals surface area contributed by atoms with Crippen molar-refractivity contribution in [2.45, 2.75) is 32.9 Å². The highest BCUT2D eigenvalue weighted by atomic mass is 16.5. The molecule has 1 amide bonds. The molecular weight excluding hydrogens is 228 g/mol. The molecule has 0 unspecified atom stereocenters. The van der Waals surface area contributed by atoms with E-state index in [1.165, 1.54) is 0 Å². The summed E-state index contributed by atoms with van der Waals surface area (Å²) in [5, 5.41) is 5.95. The van der Waals surface area contributed by atoms with E-state index in [4.69, 9.17) is 4.74 Å². The van der Waals surface area contributed by atoms with E-state index in [1.807, 2.05) is 51.1 Å². The van der Waals surface area contributed by atoms with Gasteiger partial charge in [-0.05, 0) is 32.9 Å². The van der Waals surface area contributed by atoms with Crippen molar-refractivity contribution in [2.24, 2.45) is 0 Å². The molecule has 1 rings (SSSR count). The van der Waals surface area contributed by atoms with Crippen molar-refractivity contribution in [3.8, 4) is 5.75 Å². The molecule has 0 aliphatic heterocycles. The van der Waals surface area contributed by atoms with Crippen LogP contribution in [0.15, 0.2) is 30.3 Å². The number of hydrogen-bond acceptors (Lipinski definition) is 3. The van der Waals surface area contributed by atoms with Gasteiger partial charge in [0, 0.05) is 12.1 Å². The predicted molar refractivity (Wildman–Crippen MR) is 72.7 cm³/mol. The van der Waals surface area contributed by atoms with Crippen LogP contribution in [-0.2, 0) is 4.79 Å². The maximum Gasteiger partial charge on any atom is 0.234 e. The molecule has 4 nitrogen and oxygen atoms in total. The van der Waals surface area contributed by atoms with Crippen molar-refractivity contribution in [1.82, 2.24) is 10.6 Å². The average Bonchev–Trinajstić information content (AvgIpc) is 2.34. The highest BCUT2D eigenvalue weighted by Crippen LogP contribution is 2.08. The van der Waals surface area contributed by atoms with E-state index in [1.54, 1.807) is 0 Å². The maximum atomic E-state index is 11.4. The Labute approximate surface area is 109 Å². The zero-order valence-electron chi connectivity index (χ0n) is 11.3. The van der Waals surface area contributed by atoms with Crippen molar-refractivity contribution in [2.75, 3.05) is 13.2 Å². The Bertz CT molecular complexity index is 352. The molecule has 1 atom stereocenters. The molecule has 0 heterocycles. The zero-order valence-corrected chi connectivity index (χ0v) is 11.3. The van der Waals surface area contributed by atoms with E-state index >= 15 is 0 Å². The Balaban J connectivity index is 2.18. The first-order valence-electron chi connectivity index (χ1n) is 6.28. The fourth-order valence-corrected chi connectivity index (χ4v) is 1.44. The first-order valence-corrected chi connectivity index (χ1v) is 6.28. The highest BCUT2D eigenvalue weighted by Gasteiger charge is 2.06. The van der Waals surface area contributed by atoms with Crippen LogP contribution in [0, 0.1) is 0 Å². The van der Waals surface area contributed by atoms with Crippen molar-refractivity contribution in [3.05, 3.63) is 30.3 Å². The van der Waals surface area contributed by atoms with Crippen molar-refractivity contribution >= 4 is 5.91 Å². The molecule has 0 saturated carbocycles. The minimum Gasteiger partial charge on any atom is -0.492 e. The van der Waals surface area contributed by atoms with Crippen LogP contribution in [0.3, 0.4) is 0 Å². The third-order valence-corrected chi connectivity index (χ3v) is 2.30. The summed E-state index contributed by atoms with van der Waals surface area (Å²) in [6.07, 6.45) is 0. The van der Waals surface area contributed by atoms with Crippen molar-refractivity contribution in [3.63, 3.8) is 0 Å². The lowest BCUT2D eigenvalue weighted by Crippen LogP contribution is -2.42. The van der Waals surface area contributed by atoms with Gasteiger partial charge in [-0.3, -0.25) is 4.79 Å². The second-order valence-electron chi connectivity index (χ2n) is 4.63. The monoisotopic (exact) mass is 250 g/mol. The summed E-state index contributed by atoms with van der Waals surface area (Å²) in [7, 11) is 0. The molecule has 0 aliphatic carbocycles. The molecule has 0 spiro atoms. The fourth-order valence-electron chi connectivity index (χ4n) is 1.44. The number of ether oxygens (including phenoxy) is 1. The lowest BCUT2D eigenvalue weighted by atomic mass is 10.3. The van der Waals surface area contributed by atoms with Crippen LogP contribution in [0.1, 0.15) is 20.8 Å². The largest absolute Gasteiger partial charge is 0.492 e. The van der Waals surface area contributed by atoms with Gasteiger partial charge in [0.1, 0.15) is 12.4 Å². The Morgan fingerprint density at radius 1 is 1.22 bits per heavy atom. The van der Waals surface area contributed by atoms with Gasteiger partial charge in [0.2, 0.25) is 5.91 Å². The van der Waals surface area contributed by atoms with E-state index in [0.29, 0.717) is 13.2 Å². The first-order chi connectivity index (χ1) is 8.58. The number of benzene rings is 1. The summed E-state index contributed by atoms with van der Waals surface area (Å²) >= 11 is 0. The average molecular weight is 250 g/mol. The topological polar surface area (TPSA) is 50.4 Å². The smallest absolute Gasteiger partial charge is 0.234 e. The van der Waals surface area contributed by atoms with Gasteiger partial charge in [-0.25, -0.2) is 0 Å². The Morgan fingerprint density at radius 2 is 1.89 bits per heavy atom. The normalized spacial score (nSPS) is 12.2. The SMILES string of the molecule is CC(C)NC(=O)CN[C@H](C)COc1ccccc1. The minimum absolute atomic E-state index is 0.0107. The second-order valence-corrected chi connectivity index (χ2v) is 4.63. The van der Waals surface area contributed by atoms with Crippen LogP contribution in [0.4, 0.5) is 0 Å². The molecule has 100 valence electrons. The van der Waals surface area contributed by atoms with Crippen LogP contribution in [-0.4, -0.2) is 31.1 Å². The Morgan fingerprint density at radius 3 is 2.50 bits per heavy atom. The number of hydrogen-bond donors (Lipinski definition) is 2. The molecule has 0 saturated heterocycles. The van der Waals surface area contributed by atoms with Gasteiger partial charge < -0.3 is 15.4 Å². The maximum absolute atomic E-state index is 11.4. The molecular formula is C14H22N2O2. The summed E-state index contributed by atoms with van der Waals surface area (Å²) < 4.78 is 5.59. The highest BCUT2D eigenvalue weighted by molar-refractivity contribution is 5.78. The standard InChI is InChI=1S/C14H22N2O2/c1-11(2)16-14(17)9-15-12(3)10-18-13-7-5-4-6-8-13/h4-8,11-12,15H,9-10H2,1-3H3,(H,16,17)/t12-/m1/s1. The first kappa shape index (κ1) is 14.5. The van der Waals surface area contributed by atoms with E-state index in [2.05, 4.69) is 10.6 Å². The van der Waals surface area contributed by atoms with E-state index in [9.17, 15) is 4.79 Å². The number of rotatable bonds is 7. The predicted octanol–water partition coefficient (Wildman–Crippen LogP) is 1.57. The number of carbonyl (C=O) groups is 1. The Hall–Kier alpha value is -1.55. The van der Waals surface area contributed by atoms with Crippen LogP contribution >= 0.6 is 0 Å². The van der Waals surface area contributed by atoms with Crippen LogP contribution in [0.5, 0.6) is 5.75 Å². The number of nitrogens with one attached hydrogen (secondary N) is 2. The molecule has 0 bridgehead atoms. The summed E-state index contributed by atoms with van der Waals surface area (Å²) in [6.45, 7) is 6.74. The van der Waals surface area contributed by atoms with Crippen LogP contribution in [0.2, 0.25) is 0 Å². The molecule has 1 aromatic rings. The molecule has 4 heteroatoms. The molecule has 0 aliphatic rings. The molecule has 18 heavy (non-hydrogen) atoms.